The van der Waals surface area contributed by atoms with Gasteiger partial charge in [0.25, 0.3) is 5.56 Å². The molecule has 0 aliphatic carbocycles. The number of rotatable bonds is 3. The van der Waals surface area contributed by atoms with Crippen LogP contribution in [0.1, 0.15) is 12.0 Å². The Bertz CT molecular complexity index is 1080. The zero-order valence-corrected chi connectivity index (χ0v) is 14.5. The van der Waals surface area contributed by atoms with Crippen molar-refractivity contribution in [2.45, 2.75) is 18.7 Å². The monoisotopic (exact) mass is 391 g/mol. The molecule has 1 saturated heterocycles. The summed E-state index contributed by atoms with van der Waals surface area (Å²) in [6.45, 7) is 0.885. The van der Waals surface area contributed by atoms with Crippen LogP contribution in [-0.4, -0.2) is 39.3 Å². The van der Waals surface area contributed by atoms with Crippen molar-refractivity contribution in [3.05, 3.63) is 52.4 Å². The first-order valence-corrected chi connectivity index (χ1v) is 8.58. The first-order valence-electron chi connectivity index (χ1n) is 8.58. The molecule has 0 radical (unpaired) electrons. The number of aromatic amines is 1. The van der Waals surface area contributed by atoms with Crippen molar-refractivity contribution in [3.63, 3.8) is 0 Å². The van der Waals surface area contributed by atoms with Crippen LogP contribution in [0.3, 0.4) is 0 Å². The molecule has 146 valence electrons. The summed E-state index contributed by atoms with van der Waals surface area (Å²) < 4.78 is 39.0. The van der Waals surface area contributed by atoms with Crippen LogP contribution in [0.15, 0.2) is 41.3 Å². The number of aromatic nitrogens is 3. The molecule has 2 aromatic heterocycles. The number of anilines is 3. The van der Waals surface area contributed by atoms with Gasteiger partial charge in [-0.15, -0.1) is 0 Å². The van der Waals surface area contributed by atoms with Gasteiger partial charge in [0.15, 0.2) is 0 Å². The Morgan fingerprint density at radius 1 is 1.25 bits per heavy atom. The van der Waals surface area contributed by atoms with Crippen LogP contribution in [0.5, 0.6) is 0 Å². The number of benzene rings is 1. The van der Waals surface area contributed by atoms with Gasteiger partial charge in [0, 0.05) is 25.0 Å². The van der Waals surface area contributed by atoms with Gasteiger partial charge >= 0.3 is 6.18 Å². The Balaban J connectivity index is 1.80. The lowest BCUT2D eigenvalue weighted by atomic mass is 10.2. The molecule has 1 aliphatic rings. The maximum Gasteiger partial charge on any atom is 0.416 e. The minimum atomic E-state index is -4.49. The van der Waals surface area contributed by atoms with Gasteiger partial charge in [-0.3, -0.25) is 4.79 Å². The number of aliphatic hydroxyl groups is 1. The number of nitrogens with one attached hydrogen (secondary N) is 2. The smallest absolute Gasteiger partial charge is 0.391 e. The largest absolute Gasteiger partial charge is 0.416 e. The highest BCUT2D eigenvalue weighted by Gasteiger charge is 2.30. The second-order valence-corrected chi connectivity index (χ2v) is 6.53. The van der Waals surface area contributed by atoms with Crippen molar-refractivity contribution in [2.75, 3.05) is 23.3 Å². The number of aliphatic hydroxyl groups excluding tert-OH is 1. The van der Waals surface area contributed by atoms with E-state index in [-0.39, 0.29) is 16.9 Å². The second kappa shape index (κ2) is 6.79. The lowest BCUT2D eigenvalue weighted by Crippen LogP contribution is -2.24. The number of H-pyrrole nitrogens is 1. The van der Waals surface area contributed by atoms with E-state index >= 15 is 0 Å². The van der Waals surface area contributed by atoms with Crippen molar-refractivity contribution in [1.29, 1.82) is 0 Å². The van der Waals surface area contributed by atoms with E-state index in [4.69, 9.17) is 0 Å². The highest BCUT2D eigenvalue weighted by molar-refractivity contribution is 5.91. The van der Waals surface area contributed by atoms with Crippen LogP contribution in [-0.2, 0) is 6.18 Å². The lowest BCUT2D eigenvalue weighted by molar-refractivity contribution is -0.137. The molecule has 1 unspecified atom stereocenters. The van der Waals surface area contributed by atoms with Gasteiger partial charge in [0.2, 0.25) is 5.95 Å². The molecule has 1 aromatic carbocycles. The molecular weight excluding hydrogens is 375 g/mol. The molecule has 0 bridgehead atoms. The molecule has 0 spiro atoms. The number of alkyl halides is 3. The number of β-amino-alcohol motifs (C(OH)–C–C–N with tert-alkyl or cyclic N) is 1. The molecule has 1 fully saturated rings. The number of halogens is 3. The topological polar surface area (TPSA) is 94.1 Å². The minimum Gasteiger partial charge on any atom is -0.391 e. The summed E-state index contributed by atoms with van der Waals surface area (Å²) in [5.41, 5.74) is -0.775. The summed E-state index contributed by atoms with van der Waals surface area (Å²) >= 11 is 0. The van der Waals surface area contributed by atoms with Crippen LogP contribution in [0.25, 0.3) is 10.9 Å². The zero-order chi connectivity index (χ0) is 19.9. The van der Waals surface area contributed by atoms with Crippen molar-refractivity contribution < 1.29 is 18.3 Å². The predicted molar refractivity (Wildman–Crippen MR) is 97.7 cm³/mol. The van der Waals surface area contributed by atoms with Crippen molar-refractivity contribution in [2.24, 2.45) is 0 Å². The normalized spacial score (nSPS) is 17.3. The van der Waals surface area contributed by atoms with Crippen LogP contribution >= 0.6 is 0 Å². The molecule has 3 N–H and O–H groups in total. The zero-order valence-electron chi connectivity index (χ0n) is 14.5. The molecule has 3 heterocycles. The van der Waals surface area contributed by atoms with Crippen LogP contribution in [0.2, 0.25) is 0 Å². The van der Waals surface area contributed by atoms with E-state index in [1.165, 1.54) is 18.3 Å². The summed E-state index contributed by atoms with van der Waals surface area (Å²) in [6, 6.07) is 6.24. The number of hydrogen-bond donors (Lipinski definition) is 3. The number of hydrogen-bond acceptors (Lipinski definition) is 6. The Morgan fingerprint density at radius 2 is 2.07 bits per heavy atom. The predicted octanol–water partition coefficient (Wildman–Crippen LogP) is 2.65. The molecular formula is C18H16F3N5O2. The highest BCUT2D eigenvalue weighted by Crippen LogP contribution is 2.32. The number of nitrogens with zero attached hydrogens (tertiary/aromatic N) is 3. The average molecular weight is 391 g/mol. The Labute approximate surface area is 156 Å². The molecule has 3 aromatic rings. The fourth-order valence-electron chi connectivity index (χ4n) is 3.14. The van der Waals surface area contributed by atoms with Crippen molar-refractivity contribution in [1.82, 2.24) is 15.0 Å². The summed E-state index contributed by atoms with van der Waals surface area (Å²) in [5.74, 6) is 0.395. The van der Waals surface area contributed by atoms with E-state index in [9.17, 15) is 23.1 Å². The van der Waals surface area contributed by atoms with E-state index < -0.39 is 23.4 Å². The van der Waals surface area contributed by atoms with Crippen LogP contribution in [0.4, 0.5) is 30.6 Å². The maximum atomic E-state index is 13.0. The van der Waals surface area contributed by atoms with E-state index in [0.717, 1.165) is 12.1 Å². The summed E-state index contributed by atoms with van der Waals surface area (Å²) in [6.07, 6.45) is -2.99. The van der Waals surface area contributed by atoms with Gasteiger partial charge in [-0.05, 0) is 30.7 Å². The minimum absolute atomic E-state index is 0.0996. The Hall–Kier alpha value is -3.14. The van der Waals surface area contributed by atoms with E-state index in [1.54, 1.807) is 11.0 Å². The first kappa shape index (κ1) is 18.2. The molecule has 28 heavy (non-hydrogen) atoms. The van der Waals surface area contributed by atoms with Crippen molar-refractivity contribution >= 4 is 28.4 Å². The number of fused-ring (bicyclic) bond motifs is 1. The van der Waals surface area contributed by atoms with Gasteiger partial charge < -0.3 is 20.3 Å². The van der Waals surface area contributed by atoms with Gasteiger partial charge in [0.1, 0.15) is 11.2 Å². The molecule has 0 saturated carbocycles. The fourth-order valence-corrected chi connectivity index (χ4v) is 3.14. The highest BCUT2D eigenvalue weighted by atomic mass is 19.4. The van der Waals surface area contributed by atoms with Gasteiger partial charge in [-0.2, -0.15) is 18.2 Å². The Kier molecular flexibility index (Phi) is 4.42. The van der Waals surface area contributed by atoms with Crippen molar-refractivity contribution in [3.8, 4) is 0 Å². The second-order valence-electron chi connectivity index (χ2n) is 6.53. The average Bonchev–Trinajstić information content (AvgIpc) is 3.07. The van der Waals surface area contributed by atoms with E-state index in [2.05, 4.69) is 20.3 Å². The standard InChI is InChI=1S/C18H16F3N5O2/c19-18(20,21)10-2-1-3-11(8-10)23-15-14-13(4-6-22-16(14)28)24-17(25-15)26-7-5-12(27)9-26/h1-4,6,8,12,27H,5,7,9H2,(H,22,28)(H,23,24,25). The fraction of sp³-hybridized carbons (Fsp3) is 0.278. The first-order chi connectivity index (χ1) is 13.3. The quantitative estimate of drug-likeness (QED) is 0.636. The maximum absolute atomic E-state index is 13.0. The van der Waals surface area contributed by atoms with Crippen LogP contribution < -0.4 is 15.8 Å². The molecule has 1 atom stereocenters. The third kappa shape index (κ3) is 3.50. The molecule has 0 amide bonds. The molecule has 1 aliphatic heterocycles. The molecule has 10 heteroatoms. The van der Waals surface area contributed by atoms with E-state index in [0.29, 0.717) is 31.0 Å². The Morgan fingerprint density at radius 3 is 2.79 bits per heavy atom. The molecule has 4 rings (SSSR count). The third-order valence-electron chi connectivity index (χ3n) is 4.51. The third-order valence-corrected chi connectivity index (χ3v) is 4.51. The lowest BCUT2D eigenvalue weighted by Gasteiger charge is -2.18. The van der Waals surface area contributed by atoms with Gasteiger partial charge in [-0.1, -0.05) is 6.07 Å². The summed E-state index contributed by atoms with van der Waals surface area (Å²) in [5, 5.41) is 12.7. The van der Waals surface area contributed by atoms with Gasteiger partial charge in [-0.25, -0.2) is 4.98 Å². The molecule has 7 nitrogen and oxygen atoms in total. The van der Waals surface area contributed by atoms with E-state index in [1.807, 2.05) is 0 Å². The van der Waals surface area contributed by atoms with Gasteiger partial charge in [0.05, 0.1) is 17.2 Å². The van der Waals surface area contributed by atoms with Crippen LogP contribution in [0, 0.1) is 0 Å². The summed E-state index contributed by atoms with van der Waals surface area (Å²) in [7, 11) is 0. The SMILES string of the molecule is O=c1[nH]ccc2nc(N3CCC(O)C3)nc(Nc3cccc(C(F)(F)F)c3)c12. The summed E-state index contributed by atoms with van der Waals surface area (Å²) in [4.78, 5) is 25.3. The number of pyridine rings is 1.